The van der Waals surface area contributed by atoms with Gasteiger partial charge in [0.1, 0.15) is 11.5 Å². The second-order valence-corrected chi connectivity index (χ2v) is 14.2. The van der Waals surface area contributed by atoms with E-state index in [1.165, 1.54) is 18.1 Å². The van der Waals surface area contributed by atoms with E-state index in [1.807, 2.05) is 88.4 Å². The molecule has 3 fully saturated rings. The maximum atomic E-state index is 15.2. The topological polar surface area (TPSA) is 116 Å². The third-order valence-electron chi connectivity index (χ3n) is 10.6. The van der Waals surface area contributed by atoms with Crippen molar-refractivity contribution >= 4 is 29.3 Å². The van der Waals surface area contributed by atoms with Crippen LogP contribution in [0.5, 0.6) is 11.5 Å². The minimum absolute atomic E-state index is 0.0520. The number of nitrogens with zero attached hydrogens (tertiary/aromatic N) is 2. The number of hydrazine groups is 1. The highest BCUT2D eigenvalue weighted by molar-refractivity contribution is 6.13. The number of carbonyl (C=O) groups excluding carboxylic acids is 4. The Labute approximate surface area is 274 Å². The largest absolute Gasteiger partial charge is 0.508 e. The molecule has 7 rings (SSSR count). The molecule has 242 valence electrons. The van der Waals surface area contributed by atoms with Gasteiger partial charge >= 0.3 is 0 Å². The number of phenolic OH excluding ortho intramolecular Hbond substituents is 1. The minimum atomic E-state index is -1.47. The molecule has 3 aromatic carbocycles. The smallest absolute Gasteiger partial charge is 0.260 e. The van der Waals surface area contributed by atoms with Crippen molar-refractivity contribution in [1.82, 2.24) is 9.91 Å². The molecule has 6 atom stereocenters. The molecule has 2 aliphatic heterocycles. The Morgan fingerprint density at radius 2 is 1.60 bits per heavy atom. The number of hydrogen-bond donors (Lipinski definition) is 2. The molecule has 0 spiro atoms. The van der Waals surface area contributed by atoms with Gasteiger partial charge < -0.3 is 9.84 Å². The Balaban J connectivity index is 1.47. The van der Waals surface area contributed by atoms with Crippen molar-refractivity contribution in [1.29, 1.82) is 0 Å². The van der Waals surface area contributed by atoms with Gasteiger partial charge in [-0.1, -0.05) is 59.7 Å². The van der Waals surface area contributed by atoms with Crippen molar-refractivity contribution in [2.45, 2.75) is 57.4 Å². The van der Waals surface area contributed by atoms with E-state index in [-0.39, 0.29) is 24.0 Å². The number of fused-ring (bicyclic) bond motifs is 4. The van der Waals surface area contributed by atoms with Gasteiger partial charge in [-0.15, -0.1) is 0 Å². The van der Waals surface area contributed by atoms with Crippen LogP contribution in [0.15, 0.2) is 84.4 Å². The van der Waals surface area contributed by atoms with E-state index in [0.29, 0.717) is 29.0 Å². The quantitative estimate of drug-likeness (QED) is 0.282. The van der Waals surface area contributed by atoms with Gasteiger partial charge in [-0.2, -0.15) is 5.01 Å². The molecule has 0 radical (unpaired) electrons. The molecule has 2 aliphatic carbocycles. The predicted octanol–water partition coefficient (Wildman–Crippen LogP) is 5.49. The van der Waals surface area contributed by atoms with Crippen LogP contribution in [0, 0.1) is 30.6 Å². The summed E-state index contributed by atoms with van der Waals surface area (Å²) in [6.07, 6.45) is 2.50. The summed E-state index contributed by atoms with van der Waals surface area (Å²) < 4.78 is 5.59. The van der Waals surface area contributed by atoms with Gasteiger partial charge in [0.2, 0.25) is 11.8 Å². The lowest BCUT2D eigenvalue weighted by Gasteiger charge is -2.50. The lowest BCUT2D eigenvalue weighted by molar-refractivity contribution is -0.146. The van der Waals surface area contributed by atoms with Crippen LogP contribution in [0.4, 0.5) is 5.69 Å². The second kappa shape index (κ2) is 10.8. The van der Waals surface area contributed by atoms with Crippen LogP contribution in [0.2, 0.25) is 0 Å². The zero-order valence-corrected chi connectivity index (χ0v) is 27.2. The summed E-state index contributed by atoms with van der Waals surface area (Å²) in [5.74, 6) is -4.40. The Morgan fingerprint density at radius 1 is 0.894 bits per heavy atom. The van der Waals surface area contributed by atoms with Crippen molar-refractivity contribution in [2.24, 2.45) is 23.7 Å². The summed E-state index contributed by atoms with van der Waals surface area (Å²) in [4.78, 5) is 59.2. The number of allylic oxidation sites excluding steroid dienone is 2. The van der Waals surface area contributed by atoms with Crippen molar-refractivity contribution in [3.8, 4) is 11.5 Å². The number of amides is 4. The summed E-state index contributed by atoms with van der Waals surface area (Å²) in [6.45, 7) is 7.50. The number of aryl methyl sites for hydroxylation is 1. The first-order chi connectivity index (χ1) is 22.4. The van der Waals surface area contributed by atoms with Crippen molar-refractivity contribution in [2.75, 3.05) is 12.5 Å². The number of ether oxygens (including phenoxy) is 1. The summed E-state index contributed by atoms with van der Waals surface area (Å²) >= 11 is 0. The van der Waals surface area contributed by atoms with Crippen LogP contribution in [0.1, 0.15) is 56.2 Å². The average Bonchev–Trinajstić information content (AvgIpc) is 3.44. The van der Waals surface area contributed by atoms with E-state index in [2.05, 4.69) is 5.43 Å². The highest BCUT2D eigenvalue weighted by Gasteiger charge is 2.71. The fourth-order valence-corrected chi connectivity index (χ4v) is 8.64. The zero-order valence-electron chi connectivity index (χ0n) is 27.2. The SMILES string of the molecule is COc1ccc(O)c([C@H]2C3=CC[C@@H]4C(=O)N(C(C)(C)C)C(=O)[C@@H]4[C@@H]3C[C@H]3C(=O)N(Nc4ccc(C)cc4)C(=O)[C@@]23c2ccccc2)c1. The zero-order chi connectivity index (χ0) is 33.4. The average molecular weight is 634 g/mol. The predicted molar refractivity (Wildman–Crippen MR) is 175 cm³/mol. The molecule has 9 heteroatoms. The standard InChI is InChI=1S/C38H39N3O6/c1-21-11-13-23(14-12-21)39-41-34(44)29-20-27-25(16-17-26-31(27)35(45)40(33(26)43)37(2,3)4)32(28-19-24(47-5)15-18-30(28)42)38(29,36(41)46)22-9-7-6-8-10-22/h6-16,18-19,26-27,29,31-32,39,42H,17,20H2,1-5H3/t26-,27+,29-,31-,32+,38+/m0/s1. The van der Waals surface area contributed by atoms with Crippen LogP contribution < -0.4 is 10.2 Å². The molecule has 9 nitrogen and oxygen atoms in total. The Morgan fingerprint density at radius 3 is 2.26 bits per heavy atom. The molecule has 2 N–H and O–H groups in total. The van der Waals surface area contributed by atoms with Crippen LogP contribution in [-0.4, -0.2) is 51.3 Å². The lowest BCUT2D eigenvalue weighted by atomic mass is 9.49. The Bertz CT molecular complexity index is 1830. The van der Waals surface area contributed by atoms with Crippen molar-refractivity contribution in [3.05, 3.63) is 101 Å². The number of nitrogens with one attached hydrogen (secondary N) is 1. The first-order valence-electron chi connectivity index (χ1n) is 16.1. The summed E-state index contributed by atoms with van der Waals surface area (Å²) in [6, 6.07) is 21.6. The highest BCUT2D eigenvalue weighted by Crippen LogP contribution is 2.65. The normalized spacial score (nSPS) is 28.5. The number of hydrogen-bond acceptors (Lipinski definition) is 7. The van der Waals surface area contributed by atoms with Gasteiger partial charge in [0.05, 0.1) is 36.0 Å². The fourth-order valence-electron chi connectivity index (χ4n) is 8.64. The molecule has 2 heterocycles. The summed E-state index contributed by atoms with van der Waals surface area (Å²) in [5.41, 5.74) is 4.36. The first kappa shape index (κ1) is 30.7. The summed E-state index contributed by atoms with van der Waals surface area (Å²) in [7, 11) is 1.53. The van der Waals surface area contributed by atoms with E-state index in [0.717, 1.165) is 16.1 Å². The molecule has 0 aromatic heterocycles. The van der Waals surface area contributed by atoms with Crippen LogP contribution in [-0.2, 0) is 24.6 Å². The van der Waals surface area contributed by atoms with Crippen LogP contribution >= 0.6 is 0 Å². The number of benzene rings is 3. The third kappa shape index (κ3) is 4.42. The van der Waals surface area contributed by atoms with E-state index in [4.69, 9.17) is 4.74 Å². The Hall–Kier alpha value is -4.92. The lowest BCUT2D eigenvalue weighted by Crippen LogP contribution is -2.53. The number of carbonyl (C=O) groups is 4. The van der Waals surface area contributed by atoms with Crippen molar-refractivity contribution in [3.63, 3.8) is 0 Å². The first-order valence-corrected chi connectivity index (χ1v) is 16.1. The van der Waals surface area contributed by atoms with Gasteiger partial charge in [-0.25, -0.2) is 0 Å². The number of likely N-dealkylation sites (tertiary alicyclic amines) is 1. The molecule has 1 saturated carbocycles. The van der Waals surface area contributed by atoms with Crippen LogP contribution in [0.25, 0.3) is 0 Å². The van der Waals surface area contributed by atoms with Gasteiger partial charge in [-0.05, 0) is 82.3 Å². The van der Waals surface area contributed by atoms with E-state index in [1.54, 1.807) is 12.1 Å². The molecule has 4 amide bonds. The molecule has 4 aliphatic rings. The van der Waals surface area contributed by atoms with Gasteiger partial charge in [0.15, 0.2) is 0 Å². The second-order valence-electron chi connectivity index (χ2n) is 14.2. The molecule has 2 saturated heterocycles. The monoisotopic (exact) mass is 633 g/mol. The maximum Gasteiger partial charge on any atom is 0.260 e. The van der Waals surface area contributed by atoms with Gasteiger partial charge in [0.25, 0.3) is 11.8 Å². The third-order valence-corrected chi connectivity index (χ3v) is 10.6. The van der Waals surface area contributed by atoms with Crippen LogP contribution in [0.3, 0.4) is 0 Å². The highest BCUT2D eigenvalue weighted by atomic mass is 16.5. The molecular weight excluding hydrogens is 594 g/mol. The van der Waals surface area contributed by atoms with Crippen molar-refractivity contribution < 1.29 is 29.0 Å². The fraction of sp³-hybridized carbons (Fsp3) is 0.368. The number of rotatable bonds is 5. The summed E-state index contributed by atoms with van der Waals surface area (Å²) in [5, 5.41) is 12.6. The molecule has 0 unspecified atom stereocenters. The number of anilines is 1. The molecule has 47 heavy (non-hydrogen) atoms. The minimum Gasteiger partial charge on any atom is -0.508 e. The number of aromatic hydroxyl groups is 1. The maximum absolute atomic E-state index is 15.2. The molecular formula is C38H39N3O6. The van der Waals surface area contributed by atoms with Gasteiger partial charge in [-0.3, -0.25) is 29.5 Å². The Kier molecular flexibility index (Phi) is 7.07. The number of imide groups is 2. The number of phenols is 1. The molecule has 0 bridgehead atoms. The van der Waals surface area contributed by atoms with E-state index < -0.39 is 52.4 Å². The molecule has 3 aromatic rings. The van der Waals surface area contributed by atoms with Gasteiger partial charge in [0, 0.05) is 17.0 Å². The van der Waals surface area contributed by atoms with E-state index >= 15 is 4.79 Å². The van der Waals surface area contributed by atoms with E-state index in [9.17, 15) is 19.5 Å². The number of methoxy groups -OCH3 is 1.